The molecule has 8 heteroatoms. The summed E-state index contributed by atoms with van der Waals surface area (Å²) in [4.78, 5) is 20.6. The summed E-state index contributed by atoms with van der Waals surface area (Å²) in [5, 5.41) is 0.536. The number of thiazole rings is 1. The fourth-order valence-corrected chi connectivity index (χ4v) is 3.97. The summed E-state index contributed by atoms with van der Waals surface area (Å²) < 4.78 is 25.8. The predicted molar refractivity (Wildman–Crippen MR) is 106 cm³/mol. The minimum absolute atomic E-state index is 0.140. The van der Waals surface area contributed by atoms with Gasteiger partial charge in [0.15, 0.2) is 16.6 Å². The van der Waals surface area contributed by atoms with Gasteiger partial charge in [-0.25, -0.2) is 9.37 Å². The average Bonchev–Trinajstić information content (AvgIpc) is 3.10. The molecule has 0 aliphatic carbocycles. The number of anilines is 1. The van der Waals surface area contributed by atoms with Crippen LogP contribution in [0.25, 0.3) is 10.2 Å². The van der Waals surface area contributed by atoms with Gasteiger partial charge in [0.1, 0.15) is 12.4 Å². The zero-order chi connectivity index (χ0) is 19.7. The lowest BCUT2D eigenvalue weighted by atomic mass is 10.2. The van der Waals surface area contributed by atoms with Gasteiger partial charge < -0.3 is 14.4 Å². The zero-order valence-electron chi connectivity index (χ0n) is 15.6. The highest BCUT2D eigenvalue weighted by molar-refractivity contribution is 7.22. The van der Waals surface area contributed by atoms with Crippen LogP contribution in [-0.4, -0.2) is 50.8 Å². The highest BCUT2D eigenvalue weighted by Crippen LogP contribution is 2.33. The van der Waals surface area contributed by atoms with E-state index in [0.29, 0.717) is 33.4 Å². The van der Waals surface area contributed by atoms with Gasteiger partial charge in [-0.3, -0.25) is 9.69 Å². The van der Waals surface area contributed by atoms with Crippen molar-refractivity contribution in [2.45, 2.75) is 6.10 Å². The third kappa shape index (κ3) is 3.79. The lowest BCUT2D eigenvalue weighted by Crippen LogP contribution is -3.06. The van der Waals surface area contributed by atoms with Crippen molar-refractivity contribution >= 4 is 32.6 Å². The molecule has 1 aliphatic heterocycles. The maximum absolute atomic E-state index is 13.5. The third-order valence-electron chi connectivity index (χ3n) is 4.46. The molecule has 0 fully saturated rings. The van der Waals surface area contributed by atoms with Crippen LogP contribution in [-0.2, 0) is 4.79 Å². The molecule has 1 N–H and O–H groups in total. The number of para-hydroxylation sites is 2. The molecule has 1 aliphatic rings. The Morgan fingerprint density at radius 3 is 2.86 bits per heavy atom. The van der Waals surface area contributed by atoms with Crippen molar-refractivity contribution in [3.63, 3.8) is 0 Å². The number of aromatic nitrogens is 1. The Kier molecular flexibility index (Phi) is 5.15. The van der Waals surface area contributed by atoms with Gasteiger partial charge in [-0.15, -0.1) is 0 Å². The second-order valence-corrected chi connectivity index (χ2v) is 7.93. The molecule has 0 spiro atoms. The zero-order valence-corrected chi connectivity index (χ0v) is 16.5. The molecule has 2 aromatic carbocycles. The SMILES string of the molecule is C[NH+](C)CCN(C(=O)[C@H]1COc2ccccc2O1)c1nc2ccc(F)cc2s1. The smallest absolute Gasteiger partial charge is 0.273 e. The van der Waals surface area contributed by atoms with Crippen LogP contribution in [0.4, 0.5) is 9.52 Å². The standard InChI is InChI=1S/C20H20FN3O3S/c1-23(2)9-10-24(20-22-14-8-7-13(21)11-18(14)28-20)19(25)17-12-26-15-5-3-4-6-16(15)27-17/h3-8,11,17H,9-10,12H2,1-2H3/p+1/t17-/m1/s1. The third-order valence-corrected chi connectivity index (χ3v) is 5.50. The number of hydrogen-bond donors (Lipinski definition) is 1. The van der Waals surface area contributed by atoms with Crippen molar-refractivity contribution in [3.05, 3.63) is 48.3 Å². The second kappa shape index (κ2) is 7.73. The molecular formula is C20H21FN3O3S+. The van der Waals surface area contributed by atoms with Gasteiger partial charge in [-0.1, -0.05) is 23.5 Å². The number of likely N-dealkylation sites (N-methyl/N-ethyl adjacent to an activating group) is 1. The molecule has 0 unspecified atom stereocenters. The highest BCUT2D eigenvalue weighted by Gasteiger charge is 2.33. The topological polar surface area (TPSA) is 56.1 Å². The fraction of sp³-hybridized carbons (Fsp3) is 0.300. The van der Waals surface area contributed by atoms with Crippen LogP contribution in [0.3, 0.4) is 0 Å². The van der Waals surface area contributed by atoms with Crippen molar-refractivity contribution in [1.82, 2.24) is 4.98 Å². The summed E-state index contributed by atoms with van der Waals surface area (Å²) in [6, 6.07) is 11.7. The maximum atomic E-state index is 13.5. The first-order valence-corrected chi connectivity index (χ1v) is 9.88. The van der Waals surface area contributed by atoms with Crippen LogP contribution in [0.2, 0.25) is 0 Å². The number of hydrogen-bond acceptors (Lipinski definition) is 5. The van der Waals surface area contributed by atoms with Crippen molar-refractivity contribution < 1.29 is 23.6 Å². The fourth-order valence-electron chi connectivity index (χ4n) is 2.95. The van der Waals surface area contributed by atoms with Crippen molar-refractivity contribution in [3.8, 4) is 11.5 Å². The van der Waals surface area contributed by atoms with Gasteiger partial charge in [-0.05, 0) is 30.3 Å². The highest BCUT2D eigenvalue weighted by atomic mass is 32.1. The molecule has 0 radical (unpaired) electrons. The summed E-state index contributed by atoms with van der Waals surface area (Å²) in [5.41, 5.74) is 0.669. The summed E-state index contributed by atoms with van der Waals surface area (Å²) >= 11 is 1.30. The Balaban J connectivity index is 1.62. The molecule has 3 aromatic rings. The number of rotatable bonds is 5. The van der Waals surface area contributed by atoms with Crippen LogP contribution < -0.4 is 19.3 Å². The van der Waals surface area contributed by atoms with E-state index >= 15 is 0 Å². The molecule has 1 atom stereocenters. The van der Waals surface area contributed by atoms with Crippen LogP contribution in [0.5, 0.6) is 11.5 Å². The molecule has 1 amide bonds. The Labute approximate surface area is 166 Å². The normalized spacial score (nSPS) is 15.8. The number of amides is 1. The van der Waals surface area contributed by atoms with Crippen molar-refractivity contribution in [1.29, 1.82) is 0 Å². The monoisotopic (exact) mass is 402 g/mol. The maximum Gasteiger partial charge on any atom is 0.273 e. The number of ether oxygens (including phenoxy) is 2. The van der Waals surface area contributed by atoms with E-state index in [2.05, 4.69) is 4.98 Å². The largest absolute Gasteiger partial charge is 0.485 e. The Bertz CT molecular complexity index is 1010. The summed E-state index contributed by atoms with van der Waals surface area (Å²) in [6.07, 6.45) is -0.754. The van der Waals surface area contributed by atoms with E-state index < -0.39 is 6.10 Å². The lowest BCUT2D eigenvalue weighted by molar-refractivity contribution is -0.856. The van der Waals surface area contributed by atoms with Gasteiger partial charge in [0.2, 0.25) is 6.10 Å². The average molecular weight is 402 g/mol. The number of carbonyl (C=O) groups is 1. The van der Waals surface area contributed by atoms with E-state index in [1.54, 1.807) is 17.0 Å². The molecule has 146 valence electrons. The van der Waals surface area contributed by atoms with E-state index in [1.807, 2.05) is 32.3 Å². The predicted octanol–water partition coefficient (Wildman–Crippen LogP) is 1.75. The summed E-state index contributed by atoms with van der Waals surface area (Å²) in [5.74, 6) is 0.650. The number of carbonyl (C=O) groups excluding carboxylic acids is 1. The van der Waals surface area contributed by atoms with Crippen LogP contribution in [0.15, 0.2) is 42.5 Å². The summed E-state index contributed by atoms with van der Waals surface area (Å²) in [7, 11) is 4.04. The van der Waals surface area contributed by atoms with Gasteiger partial charge in [0, 0.05) is 0 Å². The Hall–Kier alpha value is -2.71. The lowest BCUT2D eigenvalue weighted by Gasteiger charge is -2.29. The Morgan fingerprint density at radius 1 is 1.29 bits per heavy atom. The van der Waals surface area contributed by atoms with Gasteiger partial charge in [-0.2, -0.15) is 0 Å². The first-order valence-electron chi connectivity index (χ1n) is 9.06. The van der Waals surface area contributed by atoms with Crippen LogP contribution in [0, 0.1) is 5.82 Å². The number of quaternary nitrogens is 1. The molecular weight excluding hydrogens is 381 g/mol. The molecule has 28 heavy (non-hydrogen) atoms. The van der Waals surface area contributed by atoms with Crippen LogP contribution in [0.1, 0.15) is 0 Å². The van der Waals surface area contributed by atoms with Gasteiger partial charge >= 0.3 is 0 Å². The first kappa shape index (κ1) is 18.6. The number of benzene rings is 2. The first-order chi connectivity index (χ1) is 13.5. The van der Waals surface area contributed by atoms with Gasteiger partial charge in [0.05, 0.1) is 37.4 Å². The number of halogens is 1. The van der Waals surface area contributed by atoms with E-state index in [-0.39, 0.29) is 18.3 Å². The van der Waals surface area contributed by atoms with Crippen LogP contribution >= 0.6 is 11.3 Å². The number of fused-ring (bicyclic) bond motifs is 2. The van der Waals surface area contributed by atoms with Crippen molar-refractivity contribution in [2.24, 2.45) is 0 Å². The van der Waals surface area contributed by atoms with E-state index in [4.69, 9.17) is 9.47 Å². The van der Waals surface area contributed by atoms with Gasteiger partial charge in [0.25, 0.3) is 5.91 Å². The minimum Gasteiger partial charge on any atom is -0.485 e. The molecule has 6 nitrogen and oxygen atoms in total. The molecule has 0 saturated heterocycles. The molecule has 2 heterocycles. The number of nitrogens with zero attached hydrogens (tertiary/aromatic N) is 2. The molecule has 1 aromatic heterocycles. The molecule has 0 saturated carbocycles. The quantitative estimate of drug-likeness (QED) is 0.707. The number of nitrogens with one attached hydrogen (secondary N) is 1. The van der Waals surface area contributed by atoms with E-state index in [9.17, 15) is 9.18 Å². The minimum atomic E-state index is -0.754. The van der Waals surface area contributed by atoms with Crippen molar-refractivity contribution in [2.75, 3.05) is 38.7 Å². The van der Waals surface area contributed by atoms with E-state index in [0.717, 1.165) is 6.54 Å². The molecule has 4 rings (SSSR count). The molecule has 0 bridgehead atoms. The summed E-state index contributed by atoms with van der Waals surface area (Å²) in [6.45, 7) is 1.35. The second-order valence-electron chi connectivity index (χ2n) is 6.92. The Morgan fingerprint density at radius 2 is 2.07 bits per heavy atom. The van der Waals surface area contributed by atoms with E-state index in [1.165, 1.54) is 28.4 Å².